The first kappa shape index (κ1) is 13.8. The molecule has 18 heavy (non-hydrogen) atoms. The predicted octanol–water partition coefficient (Wildman–Crippen LogP) is 3.11. The largest absolute Gasteiger partial charge is 0.497 e. The molecule has 1 fully saturated rings. The van der Waals surface area contributed by atoms with Crippen LogP contribution in [-0.2, 0) is 6.42 Å². The number of thioether (sulfide) groups is 1. The van der Waals surface area contributed by atoms with Crippen LogP contribution < -0.4 is 10.1 Å². The van der Waals surface area contributed by atoms with Crippen molar-refractivity contribution in [3.8, 4) is 5.75 Å². The van der Waals surface area contributed by atoms with Gasteiger partial charge in [0, 0.05) is 17.3 Å². The molecule has 1 N–H and O–H groups in total. The standard InChI is InChI=1S/C15H23NOS/c1-12(16-11-15(18-3)8-9-15)10-13-4-6-14(17-2)7-5-13/h4-7,12,16H,8-11H2,1-3H3. The van der Waals surface area contributed by atoms with E-state index in [1.807, 2.05) is 23.9 Å². The maximum Gasteiger partial charge on any atom is 0.118 e. The Morgan fingerprint density at radius 1 is 1.33 bits per heavy atom. The molecule has 2 nitrogen and oxygen atoms in total. The van der Waals surface area contributed by atoms with Crippen LogP contribution in [0.25, 0.3) is 0 Å². The van der Waals surface area contributed by atoms with Crippen LogP contribution in [-0.4, -0.2) is 30.7 Å². The Labute approximate surface area is 114 Å². The van der Waals surface area contributed by atoms with Gasteiger partial charge in [0.05, 0.1) is 7.11 Å². The Kier molecular flexibility index (Phi) is 4.57. The van der Waals surface area contributed by atoms with Crippen molar-refractivity contribution >= 4 is 11.8 Å². The lowest BCUT2D eigenvalue weighted by molar-refractivity contribution is 0.414. The van der Waals surface area contributed by atoms with Crippen LogP contribution >= 0.6 is 11.8 Å². The summed E-state index contributed by atoms with van der Waals surface area (Å²) in [5.41, 5.74) is 1.37. The summed E-state index contributed by atoms with van der Waals surface area (Å²) < 4.78 is 5.72. The molecule has 0 bridgehead atoms. The Bertz CT molecular complexity index is 373. The third kappa shape index (κ3) is 3.66. The highest BCUT2D eigenvalue weighted by atomic mass is 32.2. The Morgan fingerprint density at radius 2 is 2.00 bits per heavy atom. The Balaban J connectivity index is 1.77. The highest BCUT2D eigenvalue weighted by Crippen LogP contribution is 2.46. The minimum absolute atomic E-state index is 0.531. The number of benzene rings is 1. The molecule has 1 aliphatic rings. The highest BCUT2D eigenvalue weighted by molar-refractivity contribution is 8.00. The molecule has 0 heterocycles. The Hall–Kier alpha value is -0.670. The summed E-state index contributed by atoms with van der Waals surface area (Å²) in [6.45, 7) is 3.41. The van der Waals surface area contributed by atoms with Crippen LogP contribution in [0.15, 0.2) is 24.3 Å². The average molecular weight is 265 g/mol. The van der Waals surface area contributed by atoms with Gasteiger partial charge in [-0.2, -0.15) is 11.8 Å². The number of ether oxygens (including phenoxy) is 1. The molecule has 1 saturated carbocycles. The summed E-state index contributed by atoms with van der Waals surface area (Å²) >= 11 is 2.01. The van der Waals surface area contributed by atoms with Crippen LogP contribution in [0.1, 0.15) is 25.3 Å². The van der Waals surface area contributed by atoms with Gasteiger partial charge in [-0.1, -0.05) is 12.1 Å². The van der Waals surface area contributed by atoms with Crippen molar-refractivity contribution in [2.45, 2.75) is 37.0 Å². The van der Waals surface area contributed by atoms with Gasteiger partial charge in [-0.3, -0.25) is 0 Å². The predicted molar refractivity (Wildman–Crippen MR) is 79.6 cm³/mol. The van der Waals surface area contributed by atoms with Crippen LogP contribution in [0.5, 0.6) is 5.75 Å². The van der Waals surface area contributed by atoms with E-state index in [1.165, 1.54) is 18.4 Å². The van der Waals surface area contributed by atoms with Crippen molar-refractivity contribution in [2.75, 3.05) is 19.9 Å². The number of methoxy groups -OCH3 is 1. The number of rotatable bonds is 7. The van der Waals surface area contributed by atoms with E-state index < -0.39 is 0 Å². The lowest BCUT2D eigenvalue weighted by atomic mass is 10.1. The van der Waals surface area contributed by atoms with Crippen molar-refractivity contribution in [3.05, 3.63) is 29.8 Å². The lowest BCUT2D eigenvalue weighted by Gasteiger charge is -2.18. The summed E-state index contributed by atoms with van der Waals surface area (Å²) in [6.07, 6.45) is 6.05. The van der Waals surface area contributed by atoms with Crippen molar-refractivity contribution < 1.29 is 4.74 Å². The minimum Gasteiger partial charge on any atom is -0.497 e. The van der Waals surface area contributed by atoms with Crippen molar-refractivity contribution in [1.82, 2.24) is 5.32 Å². The van der Waals surface area contributed by atoms with E-state index >= 15 is 0 Å². The van der Waals surface area contributed by atoms with Gasteiger partial charge in [0.1, 0.15) is 5.75 Å². The molecule has 1 aliphatic carbocycles. The van der Waals surface area contributed by atoms with Crippen molar-refractivity contribution in [2.24, 2.45) is 0 Å². The van der Waals surface area contributed by atoms with Gasteiger partial charge in [-0.05, 0) is 50.1 Å². The van der Waals surface area contributed by atoms with E-state index in [2.05, 4.69) is 30.6 Å². The second-order valence-corrected chi connectivity index (χ2v) is 6.50. The normalized spacial score (nSPS) is 18.4. The first-order chi connectivity index (χ1) is 8.67. The molecule has 1 aromatic rings. The van der Waals surface area contributed by atoms with E-state index in [4.69, 9.17) is 4.74 Å². The van der Waals surface area contributed by atoms with Crippen LogP contribution in [0.3, 0.4) is 0 Å². The third-order valence-corrected chi connectivity index (χ3v) is 5.13. The van der Waals surface area contributed by atoms with Crippen molar-refractivity contribution in [1.29, 1.82) is 0 Å². The fourth-order valence-corrected chi connectivity index (χ4v) is 2.88. The average Bonchev–Trinajstić information content (AvgIpc) is 3.18. The van der Waals surface area contributed by atoms with Crippen molar-refractivity contribution in [3.63, 3.8) is 0 Å². The molecule has 0 aromatic heterocycles. The highest BCUT2D eigenvalue weighted by Gasteiger charge is 2.41. The van der Waals surface area contributed by atoms with E-state index in [0.717, 1.165) is 18.7 Å². The summed E-state index contributed by atoms with van der Waals surface area (Å²) in [5.74, 6) is 0.929. The molecule has 2 rings (SSSR count). The fraction of sp³-hybridized carbons (Fsp3) is 0.600. The molecular formula is C15H23NOS. The molecule has 0 saturated heterocycles. The molecular weight excluding hydrogens is 242 g/mol. The number of nitrogens with one attached hydrogen (secondary N) is 1. The fourth-order valence-electron chi connectivity index (χ4n) is 2.14. The maximum atomic E-state index is 5.17. The number of hydrogen-bond acceptors (Lipinski definition) is 3. The molecule has 3 heteroatoms. The molecule has 1 unspecified atom stereocenters. The van der Waals surface area contributed by atoms with Gasteiger partial charge in [0.2, 0.25) is 0 Å². The monoisotopic (exact) mass is 265 g/mol. The summed E-state index contributed by atoms with van der Waals surface area (Å²) in [4.78, 5) is 0. The van der Waals surface area contributed by atoms with Gasteiger partial charge in [0.15, 0.2) is 0 Å². The summed E-state index contributed by atoms with van der Waals surface area (Å²) in [6, 6.07) is 8.90. The zero-order chi connectivity index (χ0) is 13.0. The van der Waals surface area contributed by atoms with E-state index in [-0.39, 0.29) is 0 Å². The third-order valence-electron chi connectivity index (χ3n) is 3.71. The van der Waals surface area contributed by atoms with E-state index in [0.29, 0.717) is 10.8 Å². The van der Waals surface area contributed by atoms with Crippen LogP contribution in [0, 0.1) is 0 Å². The topological polar surface area (TPSA) is 21.3 Å². The second kappa shape index (κ2) is 5.98. The van der Waals surface area contributed by atoms with Gasteiger partial charge in [-0.25, -0.2) is 0 Å². The molecule has 0 amide bonds. The second-order valence-electron chi connectivity index (χ2n) is 5.22. The lowest BCUT2D eigenvalue weighted by Crippen LogP contribution is -2.34. The molecule has 0 aliphatic heterocycles. The number of hydrogen-bond donors (Lipinski definition) is 1. The van der Waals surface area contributed by atoms with E-state index in [1.54, 1.807) is 7.11 Å². The summed E-state index contributed by atoms with van der Waals surface area (Å²) in [5, 5.41) is 3.66. The van der Waals surface area contributed by atoms with Gasteiger partial charge in [-0.15, -0.1) is 0 Å². The smallest absolute Gasteiger partial charge is 0.118 e. The van der Waals surface area contributed by atoms with Gasteiger partial charge < -0.3 is 10.1 Å². The molecule has 100 valence electrons. The molecule has 1 aromatic carbocycles. The van der Waals surface area contributed by atoms with Gasteiger partial charge >= 0.3 is 0 Å². The van der Waals surface area contributed by atoms with Crippen LogP contribution in [0.2, 0.25) is 0 Å². The zero-order valence-corrected chi connectivity index (χ0v) is 12.3. The van der Waals surface area contributed by atoms with Crippen LogP contribution in [0.4, 0.5) is 0 Å². The summed E-state index contributed by atoms with van der Waals surface area (Å²) in [7, 11) is 1.71. The first-order valence-corrected chi connectivity index (χ1v) is 7.81. The maximum absolute atomic E-state index is 5.17. The SMILES string of the molecule is COc1ccc(CC(C)NCC2(SC)CC2)cc1. The zero-order valence-electron chi connectivity index (χ0n) is 11.5. The molecule has 0 radical (unpaired) electrons. The first-order valence-electron chi connectivity index (χ1n) is 6.59. The van der Waals surface area contributed by atoms with E-state index in [9.17, 15) is 0 Å². The Morgan fingerprint density at radius 3 is 2.50 bits per heavy atom. The molecule has 1 atom stereocenters. The van der Waals surface area contributed by atoms with Gasteiger partial charge in [0.25, 0.3) is 0 Å². The quantitative estimate of drug-likeness (QED) is 0.818. The molecule has 0 spiro atoms. The minimum atomic E-state index is 0.531.